The van der Waals surface area contributed by atoms with Crippen LogP contribution in [-0.4, -0.2) is 34.1 Å². The minimum absolute atomic E-state index is 0.153. The number of hydrogen-bond acceptors (Lipinski definition) is 5. The van der Waals surface area contributed by atoms with Crippen LogP contribution in [0.3, 0.4) is 0 Å². The number of nitrogens with zero attached hydrogens (tertiary/aromatic N) is 7. The molecule has 0 bridgehead atoms. The zero-order valence-electron chi connectivity index (χ0n) is 50.3. The summed E-state index contributed by atoms with van der Waals surface area (Å²) in [7, 11) is 0. The Hall–Kier alpha value is -9.33. The van der Waals surface area contributed by atoms with Crippen LogP contribution in [0.4, 0.5) is 0 Å². The van der Waals surface area contributed by atoms with Gasteiger partial charge in [0.2, 0.25) is 0 Å². The van der Waals surface area contributed by atoms with E-state index in [0.717, 1.165) is 89.0 Å². The lowest BCUT2D eigenvalue weighted by Crippen LogP contribution is -2.17. The lowest BCUT2D eigenvalue weighted by molar-refractivity contribution is 0.568. The lowest BCUT2D eigenvalue weighted by atomic mass is 9.79. The molecule has 414 valence electrons. The molecule has 4 heterocycles. The molecule has 0 N–H and O–H groups in total. The van der Waals surface area contributed by atoms with E-state index >= 15 is 0 Å². The van der Waals surface area contributed by atoms with Crippen molar-refractivity contribution < 1.29 is 0 Å². The molecule has 0 saturated heterocycles. The monoisotopic (exact) mass is 1090 g/mol. The van der Waals surface area contributed by atoms with Crippen LogP contribution in [0.25, 0.3) is 123 Å². The van der Waals surface area contributed by atoms with E-state index in [-0.39, 0.29) is 21.7 Å². The van der Waals surface area contributed by atoms with Gasteiger partial charge in [-0.1, -0.05) is 210 Å². The molecule has 13 aromatic rings. The Morgan fingerprint density at radius 1 is 0.262 bits per heavy atom. The summed E-state index contributed by atoms with van der Waals surface area (Å²) in [6.07, 6.45) is 0. The molecule has 0 atom stereocenters. The van der Waals surface area contributed by atoms with Gasteiger partial charge < -0.3 is 9.13 Å². The summed E-state index contributed by atoms with van der Waals surface area (Å²) >= 11 is 0. The summed E-state index contributed by atoms with van der Waals surface area (Å²) in [6, 6.07) is 76.4. The summed E-state index contributed by atoms with van der Waals surface area (Å²) in [5.74, 6) is 2.34. The number of aromatic nitrogens is 7. The standard InChI is InChI=1S/C77H71N7/c1-74(2,3)53-38-51(39-54(43-53)75(4,5)6)71-80-72(52-40-55(76(7,8)9)44-56(41-52)77(10,11)12)82-73(81-71)62-42-50(70-78-63(48-26-16-13-17-27-48)46-64(79-70)49-28-18-14-19-29-49)36-37-67(62)84-66-35-25-23-33-59(66)61-45-60-58-32-22-24-34-65(58)83(68(60)47-69(61)84)57-30-20-15-21-31-57/h13-47H,1-12H3. The molecule has 7 nitrogen and oxygen atoms in total. The van der Waals surface area contributed by atoms with E-state index in [1.165, 1.54) is 33.0 Å². The van der Waals surface area contributed by atoms with Gasteiger partial charge in [0, 0.05) is 60.6 Å². The maximum atomic E-state index is 5.74. The van der Waals surface area contributed by atoms with Crippen molar-refractivity contribution in [2.24, 2.45) is 0 Å². The van der Waals surface area contributed by atoms with Gasteiger partial charge in [0.15, 0.2) is 23.3 Å². The fourth-order valence-electron chi connectivity index (χ4n) is 11.7. The van der Waals surface area contributed by atoms with Crippen molar-refractivity contribution >= 4 is 43.6 Å². The number of para-hydroxylation sites is 3. The predicted molar refractivity (Wildman–Crippen MR) is 352 cm³/mol. The van der Waals surface area contributed by atoms with E-state index in [9.17, 15) is 0 Å². The Balaban J connectivity index is 1.16. The summed E-state index contributed by atoms with van der Waals surface area (Å²) in [5, 5.41) is 4.69. The second-order valence-corrected chi connectivity index (χ2v) is 26.8. The van der Waals surface area contributed by atoms with Crippen molar-refractivity contribution in [3.05, 3.63) is 235 Å². The zero-order chi connectivity index (χ0) is 58.5. The Labute approximate surface area is 493 Å². The van der Waals surface area contributed by atoms with Gasteiger partial charge >= 0.3 is 0 Å². The number of benzene rings is 9. The van der Waals surface area contributed by atoms with Crippen LogP contribution < -0.4 is 0 Å². The van der Waals surface area contributed by atoms with Crippen molar-refractivity contribution in [1.29, 1.82) is 0 Å². The van der Waals surface area contributed by atoms with Crippen LogP contribution in [0.1, 0.15) is 105 Å². The van der Waals surface area contributed by atoms with Crippen LogP contribution >= 0.6 is 0 Å². The fourth-order valence-corrected chi connectivity index (χ4v) is 11.7. The average Bonchev–Trinajstić information content (AvgIpc) is 1.79. The molecule has 0 saturated carbocycles. The molecular formula is C77H71N7. The van der Waals surface area contributed by atoms with E-state index in [2.05, 4.69) is 292 Å². The molecule has 13 rings (SSSR count). The van der Waals surface area contributed by atoms with E-state index in [1.54, 1.807) is 0 Å². The van der Waals surface area contributed by atoms with Gasteiger partial charge in [0.05, 0.1) is 39.1 Å². The zero-order valence-corrected chi connectivity index (χ0v) is 50.3. The maximum absolute atomic E-state index is 5.74. The highest BCUT2D eigenvalue weighted by Gasteiger charge is 2.28. The number of hydrogen-bond donors (Lipinski definition) is 0. The third kappa shape index (κ3) is 9.95. The molecule has 0 amide bonds. The Morgan fingerprint density at radius 2 is 0.655 bits per heavy atom. The Kier molecular flexibility index (Phi) is 13.0. The molecule has 7 heteroatoms. The highest BCUT2D eigenvalue weighted by Crippen LogP contribution is 2.44. The van der Waals surface area contributed by atoms with Gasteiger partial charge in [-0.3, -0.25) is 0 Å². The second kappa shape index (κ2) is 20.2. The Bertz CT molecular complexity index is 4460. The Morgan fingerprint density at radius 3 is 1.12 bits per heavy atom. The van der Waals surface area contributed by atoms with Crippen molar-refractivity contribution in [3.63, 3.8) is 0 Å². The van der Waals surface area contributed by atoms with Crippen LogP contribution in [-0.2, 0) is 21.7 Å². The van der Waals surface area contributed by atoms with Crippen molar-refractivity contribution in [2.45, 2.75) is 105 Å². The van der Waals surface area contributed by atoms with Crippen molar-refractivity contribution in [2.75, 3.05) is 0 Å². The fraction of sp³-hybridized carbons (Fsp3) is 0.208. The van der Waals surface area contributed by atoms with Crippen LogP contribution in [0, 0.1) is 0 Å². The number of rotatable bonds is 8. The molecule has 9 aromatic carbocycles. The highest BCUT2D eigenvalue weighted by atomic mass is 15.1. The van der Waals surface area contributed by atoms with E-state index in [0.29, 0.717) is 23.3 Å². The largest absolute Gasteiger partial charge is 0.309 e. The average molecular weight is 1090 g/mol. The molecule has 84 heavy (non-hydrogen) atoms. The SMILES string of the molecule is CC(C)(C)c1cc(-c2nc(-c3cc(C(C)(C)C)cc(C(C)(C)C)c3)nc(-c3cc(-c4nc(-c5ccccc5)cc(-c5ccccc5)n4)ccc3-n3c4ccccc4c4cc5c6ccccc6n(-c6ccccc6)c5cc43)n2)cc(C(C)(C)C)c1. The third-order valence-corrected chi connectivity index (χ3v) is 16.6. The molecule has 0 aliphatic heterocycles. The molecule has 0 unspecified atom stereocenters. The quantitative estimate of drug-likeness (QED) is 0.152. The van der Waals surface area contributed by atoms with Gasteiger partial charge in [0.25, 0.3) is 0 Å². The minimum Gasteiger partial charge on any atom is -0.309 e. The first-order valence-corrected chi connectivity index (χ1v) is 29.4. The molecular weight excluding hydrogens is 1020 g/mol. The summed E-state index contributed by atoms with van der Waals surface area (Å²) in [6.45, 7) is 27.4. The smallest absolute Gasteiger partial charge is 0.166 e. The van der Waals surface area contributed by atoms with Gasteiger partial charge in [-0.2, -0.15) is 0 Å². The first-order valence-electron chi connectivity index (χ1n) is 29.4. The normalized spacial score (nSPS) is 12.5. The van der Waals surface area contributed by atoms with Crippen LogP contribution in [0.2, 0.25) is 0 Å². The number of fused-ring (bicyclic) bond motifs is 6. The molecule has 4 aromatic heterocycles. The molecule has 0 radical (unpaired) electrons. The summed E-state index contributed by atoms with van der Waals surface area (Å²) in [5.41, 5.74) is 17.9. The van der Waals surface area contributed by atoms with Crippen molar-refractivity contribution in [3.8, 4) is 79.4 Å². The second-order valence-electron chi connectivity index (χ2n) is 26.8. The summed E-state index contributed by atoms with van der Waals surface area (Å²) in [4.78, 5) is 27.9. The minimum atomic E-state index is -0.153. The van der Waals surface area contributed by atoms with E-state index in [1.807, 2.05) is 12.1 Å². The van der Waals surface area contributed by atoms with Crippen molar-refractivity contribution in [1.82, 2.24) is 34.1 Å². The third-order valence-electron chi connectivity index (χ3n) is 16.6. The first-order chi connectivity index (χ1) is 40.1. The summed E-state index contributed by atoms with van der Waals surface area (Å²) < 4.78 is 4.82. The molecule has 0 fully saturated rings. The topological polar surface area (TPSA) is 74.3 Å². The molecule has 0 aliphatic rings. The van der Waals surface area contributed by atoms with E-state index in [4.69, 9.17) is 24.9 Å². The van der Waals surface area contributed by atoms with Crippen LogP contribution in [0.15, 0.2) is 212 Å². The highest BCUT2D eigenvalue weighted by molar-refractivity contribution is 6.19. The lowest BCUT2D eigenvalue weighted by Gasteiger charge is -2.26. The molecule has 0 spiro atoms. The van der Waals surface area contributed by atoms with E-state index < -0.39 is 0 Å². The first kappa shape index (κ1) is 53.9. The predicted octanol–water partition coefficient (Wildman–Crippen LogP) is 20.0. The van der Waals surface area contributed by atoms with Gasteiger partial charge in [-0.25, -0.2) is 24.9 Å². The maximum Gasteiger partial charge on any atom is 0.166 e. The van der Waals surface area contributed by atoms with Gasteiger partial charge in [-0.15, -0.1) is 0 Å². The van der Waals surface area contributed by atoms with Gasteiger partial charge in [-0.05, 0) is 129 Å². The van der Waals surface area contributed by atoms with Gasteiger partial charge in [0.1, 0.15) is 0 Å². The molecule has 0 aliphatic carbocycles. The van der Waals surface area contributed by atoms with Crippen LogP contribution in [0.5, 0.6) is 0 Å².